The highest BCUT2D eigenvalue weighted by atomic mass is 35.5. The van der Waals surface area contributed by atoms with Gasteiger partial charge in [0.25, 0.3) is 5.91 Å². The zero-order chi connectivity index (χ0) is 8.81. The van der Waals surface area contributed by atoms with E-state index in [0.717, 1.165) is 5.56 Å². The van der Waals surface area contributed by atoms with E-state index in [1.54, 1.807) is 30.6 Å². The lowest BCUT2D eigenvalue weighted by Crippen LogP contribution is -2.27. The molecule has 1 aromatic rings. The molecular formula is C8H10ClN3O. The Morgan fingerprint density at radius 3 is 2.62 bits per heavy atom. The van der Waals surface area contributed by atoms with Gasteiger partial charge < -0.3 is 0 Å². The van der Waals surface area contributed by atoms with Crippen molar-refractivity contribution >= 4 is 24.4 Å². The Hall–Kier alpha value is -1.39. The first kappa shape index (κ1) is 11.6. The molecule has 13 heavy (non-hydrogen) atoms. The minimum absolute atomic E-state index is 0. The SMILES string of the molecule is Cl.NNC(=O)/C=C/c1ccncc1. The van der Waals surface area contributed by atoms with Gasteiger partial charge in [0.2, 0.25) is 0 Å². The van der Waals surface area contributed by atoms with Crippen LogP contribution in [0.2, 0.25) is 0 Å². The van der Waals surface area contributed by atoms with Crippen LogP contribution in [-0.4, -0.2) is 10.9 Å². The molecule has 0 spiro atoms. The molecule has 0 atom stereocenters. The second-order valence-corrected chi connectivity index (χ2v) is 2.12. The van der Waals surface area contributed by atoms with Crippen molar-refractivity contribution in [2.24, 2.45) is 5.84 Å². The zero-order valence-corrected chi connectivity index (χ0v) is 7.62. The maximum Gasteiger partial charge on any atom is 0.257 e. The highest BCUT2D eigenvalue weighted by Gasteiger charge is 1.88. The lowest BCUT2D eigenvalue weighted by molar-refractivity contribution is -0.116. The monoisotopic (exact) mass is 199 g/mol. The second-order valence-electron chi connectivity index (χ2n) is 2.12. The number of hydrazine groups is 1. The van der Waals surface area contributed by atoms with Crippen LogP contribution in [0.15, 0.2) is 30.6 Å². The summed E-state index contributed by atoms with van der Waals surface area (Å²) in [5.41, 5.74) is 2.90. The van der Waals surface area contributed by atoms with Gasteiger partial charge in [0.15, 0.2) is 0 Å². The normalized spacial score (nSPS) is 9.31. The predicted octanol–water partition coefficient (Wildman–Crippen LogP) is 0.507. The number of nitrogens with one attached hydrogen (secondary N) is 1. The van der Waals surface area contributed by atoms with Crippen molar-refractivity contribution in [2.45, 2.75) is 0 Å². The van der Waals surface area contributed by atoms with Gasteiger partial charge in [-0.25, -0.2) is 5.84 Å². The fourth-order valence-corrected chi connectivity index (χ4v) is 0.695. The molecule has 0 fully saturated rings. The van der Waals surface area contributed by atoms with Crippen LogP contribution in [0.4, 0.5) is 0 Å². The molecule has 4 nitrogen and oxygen atoms in total. The Balaban J connectivity index is 0.00000144. The van der Waals surface area contributed by atoms with E-state index >= 15 is 0 Å². The van der Waals surface area contributed by atoms with E-state index in [2.05, 4.69) is 4.98 Å². The lowest BCUT2D eigenvalue weighted by Gasteiger charge is -1.90. The maximum atomic E-state index is 10.6. The van der Waals surface area contributed by atoms with Crippen molar-refractivity contribution in [2.75, 3.05) is 0 Å². The number of pyridine rings is 1. The standard InChI is InChI=1S/C8H9N3O.ClH/c9-11-8(12)2-1-7-3-5-10-6-4-7;/h1-6H,9H2,(H,11,12);1H/b2-1+;. The average Bonchev–Trinajstić information content (AvgIpc) is 2.16. The Labute approximate surface area is 82.2 Å². The number of aromatic nitrogens is 1. The summed E-state index contributed by atoms with van der Waals surface area (Å²) in [4.78, 5) is 14.5. The van der Waals surface area contributed by atoms with Crippen LogP contribution < -0.4 is 11.3 Å². The summed E-state index contributed by atoms with van der Waals surface area (Å²) in [6.07, 6.45) is 6.32. The van der Waals surface area contributed by atoms with E-state index in [-0.39, 0.29) is 18.3 Å². The van der Waals surface area contributed by atoms with Gasteiger partial charge >= 0.3 is 0 Å². The zero-order valence-electron chi connectivity index (χ0n) is 6.81. The van der Waals surface area contributed by atoms with E-state index in [9.17, 15) is 4.79 Å². The number of carbonyl (C=O) groups excluding carboxylic acids is 1. The summed E-state index contributed by atoms with van der Waals surface area (Å²) in [5, 5.41) is 0. The number of nitrogens with zero attached hydrogens (tertiary/aromatic N) is 1. The summed E-state index contributed by atoms with van der Waals surface area (Å²) in [7, 11) is 0. The quantitative estimate of drug-likeness (QED) is 0.316. The number of halogens is 1. The molecule has 0 unspecified atom stereocenters. The molecular weight excluding hydrogens is 190 g/mol. The molecule has 0 bridgehead atoms. The summed E-state index contributed by atoms with van der Waals surface area (Å²) in [5.74, 6) is 4.55. The van der Waals surface area contributed by atoms with Crippen LogP contribution in [0.25, 0.3) is 6.08 Å². The Morgan fingerprint density at radius 1 is 1.46 bits per heavy atom. The van der Waals surface area contributed by atoms with Crippen LogP contribution in [0, 0.1) is 0 Å². The third-order valence-electron chi connectivity index (χ3n) is 1.28. The number of nitrogens with two attached hydrogens (primary N) is 1. The Bertz CT molecular complexity index is 287. The van der Waals surface area contributed by atoms with Gasteiger partial charge in [-0.05, 0) is 23.8 Å². The predicted molar refractivity (Wildman–Crippen MR) is 52.8 cm³/mol. The molecule has 3 N–H and O–H groups in total. The summed E-state index contributed by atoms with van der Waals surface area (Å²) < 4.78 is 0. The molecule has 1 amide bonds. The van der Waals surface area contributed by atoms with Crippen LogP contribution in [0.1, 0.15) is 5.56 Å². The summed E-state index contributed by atoms with van der Waals surface area (Å²) in [6, 6.07) is 3.58. The molecule has 0 saturated carbocycles. The molecule has 0 saturated heterocycles. The molecule has 70 valence electrons. The van der Waals surface area contributed by atoms with E-state index in [4.69, 9.17) is 5.84 Å². The minimum Gasteiger partial charge on any atom is -0.291 e. The third kappa shape index (κ3) is 4.25. The van der Waals surface area contributed by atoms with Gasteiger partial charge in [-0.15, -0.1) is 12.4 Å². The maximum absolute atomic E-state index is 10.6. The van der Waals surface area contributed by atoms with Crippen LogP contribution in [0.3, 0.4) is 0 Å². The largest absolute Gasteiger partial charge is 0.291 e. The summed E-state index contributed by atoms with van der Waals surface area (Å²) in [6.45, 7) is 0. The first-order chi connectivity index (χ1) is 5.83. The number of carbonyl (C=O) groups is 1. The van der Waals surface area contributed by atoms with Crippen LogP contribution in [-0.2, 0) is 4.79 Å². The van der Waals surface area contributed by atoms with Crippen LogP contribution in [0.5, 0.6) is 0 Å². The van der Waals surface area contributed by atoms with Gasteiger partial charge in [-0.1, -0.05) is 0 Å². The number of hydrogen-bond donors (Lipinski definition) is 2. The number of hydrogen-bond acceptors (Lipinski definition) is 3. The molecule has 0 aliphatic carbocycles. The third-order valence-corrected chi connectivity index (χ3v) is 1.28. The van der Waals surface area contributed by atoms with Gasteiger partial charge in [0.05, 0.1) is 0 Å². The van der Waals surface area contributed by atoms with Crippen molar-refractivity contribution < 1.29 is 4.79 Å². The highest BCUT2D eigenvalue weighted by Crippen LogP contribution is 1.97. The van der Waals surface area contributed by atoms with E-state index in [0.29, 0.717) is 0 Å². The number of amides is 1. The first-order valence-electron chi connectivity index (χ1n) is 3.41. The smallest absolute Gasteiger partial charge is 0.257 e. The highest BCUT2D eigenvalue weighted by molar-refractivity contribution is 5.91. The second kappa shape index (κ2) is 6.16. The van der Waals surface area contributed by atoms with Crippen molar-refractivity contribution in [3.63, 3.8) is 0 Å². The first-order valence-corrected chi connectivity index (χ1v) is 3.41. The molecule has 1 aromatic heterocycles. The topological polar surface area (TPSA) is 68.0 Å². The Morgan fingerprint density at radius 2 is 2.08 bits per heavy atom. The minimum atomic E-state index is -0.327. The van der Waals surface area contributed by atoms with Gasteiger partial charge in [0, 0.05) is 18.5 Å². The molecule has 5 heteroatoms. The van der Waals surface area contributed by atoms with E-state index in [1.807, 2.05) is 5.43 Å². The molecule has 1 rings (SSSR count). The Kier molecular flexibility index (Phi) is 5.50. The van der Waals surface area contributed by atoms with Crippen molar-refractivity contribution in [1.82, 2.24) is 10.4 Å². The molecule has 0 aliphatic rings. The fraction of sp³-hybridized carbons (Fsp3) is 0. The van der Waals surface area contributed by atoms with Crippen molar-refractivity contribution in [3.8, 4) is 0 Å². The lowest BCUT2D eigenvalue weighted by atomic mass is 10.2. The molecule has 1 heterocycles. The molecule has 0 aliphatic heterocycles. The van der Waals surface area contributed by atoms with E-state index in [1.165, 1.54) is 6.08 Å². The molecule has 0 aromatic carbocycles. The molecule has 0 radical (unpaired) electrons. The van der Waals surface area contributed by atoms with Gasteiger partial charge in [0.1, 0.15) is 0 Å². The van der Waals surface area contributed by atoms with Gasteiger partial charge in [-0.3, -0.25) is 15.2 Å². The summed E-state index contributed by atoms with van der Waals surface area (Å²) >= 11 is 0. The fourth-order valence-electron chi connectivity index (χ4n) is 0.695. The van der Waals surface area contributed by atoms with E-state index < -0.39 is 0 Å². The van der Waals surface area contributed by atoms with Crippen LogP contribution >= 0.6 is 12.4 Å². The number of rotatable bonds is 2. The average molecular weight is 200 g/mol. The van der Waals surface area contributed by atoms with Gasteiger partial charge in [-0.2, -0.15) is 0 Å². The van der Waals surface area contributed by atoms with Crippen molar-refractivity contribution in [3.05, 3.63) is 36.2 Å². The van der Waals surface area contributed by atoms with Crippen molar-refractivity contribution in [1.29, 1.82) is 0 Å².